The van der Waals surface area contributed by atoms with Gasteiger partial charge in [0.05, 0.1) is 6.04 Å². The fourth-order valence-electron chi connectivity index (χ4n) is 1.95. The number of alkyl halides is 3. The van der Waals surface area contributed by atoms with Gasteiger partial charge in [0.15, 0.2) is 0 Å². The maximum atomic E-state index is 12.0. The molecular formula is C14H19F3N2O. The Kier molecular flexibility index (Phi) is 5.56. The summed E-state index contributed by atoms with van der Waals surface area (Å²) in [5.74, 6) is -0.664. The largest absolute Gasteiger partial charge is 0.405 e. The van der Waals surface area contributed by atoms with Crippen LogP contribution in [0.25, 0.3) is 0 Å². The number of hydrogen-bond acceptors (Lipinski definition) is 2. The third-order valence-corrected chi connectivity index (χ3v) is 3.01. The molecule has 0 aliphatic rings. The minimum atomic E-state index is -4.39. The van der Waals surface area contributed by atoms with Crippen molar-refractivity contribution in [3.8, 4) is 0 Å². The zero-order valence-electron chi connectivity index (χ0n) is 11.7. The summed E-state index contributed by atoms with van der Waals surface area (Å²) in [6.07, 6.45) is -4.39. The molecule has 112 valence electrons. The Labute approximate surface area is 116 Å². The summed E-state index contributed by atoms with van der Waals surface area (Å²) in [5.41, 5.74) is 2.08. The molecule has 6 heteroatoms. The van der Waals surface area contributed by atoms with Crippen LogP contribution in [-0.2, 0) is 4.79 Å². The van der Waals surface area contributed by atoms with Crippen LogP contribution in [0.1, 0.15) is 31.0 Å². The van der Waals surface area contributed by atoms with E-state index in [1.54, 1.807) is 6.92 Å². The van der Waals surface area contributed by atoms with Crippen molar-refractivity contribution in [2.24, 2.45) is 0 Å². The van der Waals surface area contributed by atoms with E-state index in [2.05, 4.69) is 5.32 Å². The zero-order valence-corrected chi connectivity index (χ0v) is 11.7. The van der Waals surface area contributed by atoms with Crippen molar-refractivity contribution in [3.05, 3.63) is 35.4 Å². The molecule has 1 rings (SSSR count). The predicted octanol–water partition coefficient (Wildman–Crippen LogP) is 2.71. The second-order valence-corrected chi connectivity index (χ2v) is 4.80. The van der Waals surface area contributed by atoms with Gasteiger partial charge < -0.3 is 5.32 Å². The van der Waals surface area contributed by atoms with E-state index in [1.807, 2.05) is 43.4 Å². The lowest BCUT2D eigenvalue weighted by molar-refractivity contribution is -0.139. The van der Waals surface area contributed by atoms with E-state index >= 15 is 0 Å². The van der Waals surface area contributed by atoms with Gasteiger partial charge in [0.1, 0.15) is 6.54 Å². The maximum absolute atomic E-state index is 12.0. The minimum absolute atomic E-state index is 0.122. The number of amides is 1. The van der Waals surface area contributed by atoms with Crippen LogP contribution in [0.5, 0.6) is 0 Å². The average molecular weight is 288 g/mol. The summed E-state index contributed by atoms with van der Waals surface area (Å²) in [6, 6.07) is 6.84. The summed E-state index contributed by atoms with van der Waals surface area (Å²) in [4.78, 5) is 11.6. The molecule has 1 aromatic carbocycles. The van der Waals surface area contributed by atoms with Gasteiger partial charge in [0.25, 0.3) is 0 Å². The zero-order chi connectivity index (χ0) is 15.3. The van der Waals surface area contributed by atoms with E-state index in [-0.39, 0.29) is 6.04 Å². The summed E-state index contributed by atoms with van der Waals surface area (Å²) in [5, 5.41) is 4.86. The molecule has 2 atom stereocenters. The van der Waals surface area contributed by atoms with Crippen LogP contribution in [0.4, 0.5) is 13.2 Å². The molecule has 0 radical (unpaired) electrons. The SMILES string of the molecule is Cc1ccccc1C(C)NC(C)C(=O)NCC(F)(F)F. The first-order valence-corrected chi connectivity index (χ1v) is 6.36. The number of carbonyl (C=O) groups excluding carboxylic acids is 1. The van der Waals surface area contributed by atoms with Crippen molar-refractivity contribution in [1.29, 1.82) is 0 Å². The van der Waals surface area contributed by atoms with Gasteiger partial charge in [-0.15, -0.1) is 0 Å². The lowest BCUT2D eigenvalue weighted by Crippen LogP contribution is -2.45. The Morgan fingerprint density at radius 1 is 1.25 bits per heavy atom. The van der Waals surface area contributed by atoms with E-state index in [9.17, 15) is 18.0 Å². The highest BCUT2D eigenvalue weighted by Crippen LogP contribution is 2.17. The van der Waals surface area contributed by atoms with Crippen LogP contribution in [0.3, 0.4) is 0 Å². The Bertz CT molecular complexity index is 460. The Morgan fingerprint density at radius 3 is 2.40 bits per heavy atom. The number of aryl methyl sites for hydroxylation is 1. The molecule has 1 aromatic rings. The molecular weight excluding hydrogens is 269 g/mol. The number of nitrogens with one attached hydrogen (secondary N) is 2. The first-order valence-electron chi connectivity index (χ1n) is 6.36. The summed E-state index contributed by atoms with van der Waals surface area (Å²) in [7, 11) is 0. The van der Waals surface area contributed by atoms with Gasteiger partial charge in [-0.1, -0.05) is 24.3 Å². The lowest BCUT2D eigenvalue weighted by atomic mass is 10.0. The van der Waals surface area contributed by atoms with Gasteiger partial charge in [0.2, 0.25) is 5.91 Å². The van der Waals surface area contributed by atoms with Crippen LogP contribution in [0, 0.1) is 6.92 Å². The van der Waals surface area contributed by atoms with E-state index in [0.717, 1.165) is 11.1 Å². The smallest absolute Gasteiger partial charge is 0.346 e. The highest BCUT2D eigenvalue weighted by molar-refractivity contribution is 5.81. The highest BCUT2D eigenvalue weighted by atomic mass is 19.4. The van der Waals surface area contributed by atoms with Gasteiger partial charge in [-0.25, -0.2) is 0 Å². The molecule has 3 nitrogen and oxygen atoms in total. The van der Waals surface area contributed by atoms with Crippen molar-refractivity contribution in [2.75, 3.05) is 6.54 Å². The number of benzene rings is 1. The van der Waals surface area contributed by atoms with Crippen molar-refractivity contribution < 1.29 is 18.0 Å². The molecule has 0 fully saturated rings. The van der Waals surface area contributed by atoms with Crippen LogP contribution in [0.15, 0.2) is 24.3 Å². The molecule has 0 aromatic heterocycles. The normalized spacial score (nSPS) is 14.7. The van der Waals surface area contributed by atoms with E-state index < -0.39 is 24.7 Å². The number of hydrogen-bond donors (Lipinski definition) is 2. The van der Waals surface area contributed by atoms with Gasteiger partial charge in [0, 0.05) is 6.04 Å². The Balaban J connectivity index is 2.55. The van der Waals surface area contributed by atoms with E-state index in [1.165, 1.54) is 0 Å². The molecule has 0 saturated carbocycles. The molecule has 0 saturated heterocycles. The van der Waals surface area contributed by atoms with Crippen LogP contribution in [-0.4, -0.2) is 24.7 Å². The Morgan fingerprint density at radius 2 is 1.85 bits per heavy atom. The standard InChI is InChI=1S/C14H19F3N2O/c1-9-6-4-5-7-12(9)10(2)19-11(3)13(20)18-8-14(15,16)17/h4-7,10-11,19H,8H2,1-3H3,(H,18,20). The predicted molar refractivity (Wildman–Crippen MR) is 71.3 cm³/mol. The number of carbonyl (C=O) groups is 1. The van der Waals surface area contributed by atoms with Gasteiger partial charge in [-0.05, 0) is 31.9 Å². The van der Waals surface area contributed by atoms with Crippen LogP contribution in [0.2, 0.25) is 0 Å². The van der Waals surface area contributed by atoms with Gasteiger partial charge in [-0.2, -0.15) is 13.2 Å². The number of rotatable bonds is 5. The van der Waals surface area contributed by atoms with E-state index in [0.29, 0.717) is 0 Å². The highest BCUT2D eigenvalue weighted by Gasteiger charge is 2.29. The average Bonchev–Trinajstić information content (AvgIpc) is 2.35. The summed E-state index contributed by atoms with van der Waals surface area (Å²) in [6.45, 7) is 4.05. The molecule has 1 amide bonds. The second kappa shape index (κ2) is 6.74. The fourth-order valence-corrected chi connectivity index (χ4v) is 1.95. The molecule has 20 heavy (non-hydrogen) atoms. The van der Waals surface area contributed by atoms with Crippen molar-refractivity contribution >= 4 is 5.91 Å². The monoisotopic (exact) mass is 288 g/mol. The topological polar surface area (TPSA) is 41.1 Å². The lowest BCUT2D eigenvalue weighted by Gasteiger charge is -2.21. The summed E-state index contributed by atoms with van der Waals surface area (Å²) >= 11 is 0. The second-order valence-electron chi connectivity index (χ2n) is 4.80. The third-order valence-electron chi connectivity index (χ3n) is 3.01. The maximum Gasteiger partial charge on any atom is 0.405 e. The van der Waals surface area contributed by atoms with Crippen molar-refractivity contribution in [2.45, 2.75) is 39.0 Å². The molecule has 0 heterocycles. The van der Waals surface area contributed by atoms with Gasteiger partial charge >= 0.3 is 6.18 Å². The molecule has 0 aliphatic heterocycles. The third kappa shape index (κ3) is 5.21. The molecule has 0 aliphatic carbocycles. The summed E-state index contributed by atoms with van der Waals surface area (Å²) < 4.78 is 36.1. The molecule has 2 N–H and O–H groups in total. The van der Waals surface area contributed by atoms with E-state index in [4.69, 9.17) is 0 Å². The molecule has 2 unspecified atom stereocenters. The molecule has 0 spiro atoms. The van der Waals surface area contributed by atoms with Crippen molar-refractivity contribution in [3.63, 3.8) is 0 Å². The number of halogens is 3. The first kappa shape index (κ1) is 16.5. The quantitative estimate of drug-likeness (QED) is 0.874. The first-order chi connectivity index (χ1) is 9.20. The van der Waals surface area contributed by atoms with Gasteiger partial charge in [-0.3, -0.25) is 10.1 Å². The fraction of sp³-hybridized carbons (Fsp3) is 0.500. The minimum Gasteiger partial charge on any atom is -0.346 e. The van der Waals surface area contributed by atoms with Crippen LogP contribution < -0.4 is 10.6 Å². The van der Waals surface area contributed by atoms with Crippen molar-refractivity contribution in [1.82, 2.24) is 10.6 Å². The Hall–Kier alpha value is -1.56. The molecule has 0 bridgehead atoms. The van der Waals surface area contributed by atoms with Crippen LogP contribution >= 0.6 is 0 Å².